The molecule has 0 aliphatic rings. The second kappa shape index (κ2) is 14.4. The van der Waals surface area contributed by atoms with Crippen LogP contribution in [0.25, 0.3) is 0 Å². The fourth-order valence-electron chi connectivity index (χ4n) is 4.30. The molecule has 0 aliphatic carbocycles. The molecule has 3 rings (SSSR count). The van der Waals surface area contributed by atoms with Gasteiger partial charge in [0.25, 0.3) is 15.7 Å². The lowest BCUT2D eigenvalue weighted by atomic mass is 10.1. The second-order valence-electron chi connectivity index (χ2n) is 9.71. The van der Waals surface area contributed by atoms with Crippen molar-refractivity contribution in [3.63, 3.8) is 0 Å². The monoisotopic (exact) mass is 596 g/mol. The van der Waals surface area contributed by atoms with Crippen LogP contribution in [0.1, 0.15) is 39.2 Å². The quantitative estimate of drug-likeness (QED) is 0.213. The average molecular weight is 597 g/mol. The number of sulfonamides is 1. The molecule has 0 heterocycles. The number of nitrogens with zero attached hydrogens (tertiary/aromatic N) is 3. The summed E-state index contributed by atoms with van der Waals surface area (Å²) in [5, 5.41) is 14.4. The van der Waals surface area contributed by atoms with E-state index in [0.29, 0.717) is 17.7 Å². The van der Waals surface area contributed by atoms with Crippen LogP contribution in [0.4, 0.5) is 11.4 Å². The van der Waals surface area contributed by atoms with Crippen LogP contribution in [0, 0.1) is 10.1 Å². The molecule has 0 fully saturated rings. The predicted octanol–water partition coefficient (Wildman–Crippen LogP) is 4.52. The summed E-state index contributed by atoms with van der Waals surface area (Å²) in [7, 11) is -2.80. The van der Waals surface area contributed by atoms with Crippen molar-refractivity contribution < 1.29 is 27.7 Å². The van der Waals surface area contributed by atoms with Crippen molar-refractivity contribution in [2.75, 3.05) is 18.0 Å². The third-order valence-corrected chi connectivity index (χ3v) is 8.63. The molecular weight excluding hydrogens is 560 g/mol. The minimum absolute atomic E-state index is 0.0173. The van der Waals surface area contributed by atoms with Gasteiger partial charge in [-0.15, -0.1) is 0 Å². The molecule has 0 aromatic heterocycles. The van der Waals surface area contributed by atoms with Crippen LogP contribution in [0.5, 0.6) is 5.75 Å². The number of rotatable bonds is 14. The molecule has 3 aromatic carbocycles. The first-order valence-corrected chi connectivity index (χ1v) is 15.0. The largest absolute Gasteiger partial charge is 0.497 e. The van der Waals surface area contributed by atoms with Crippen LogP contribution in [0.2, 0.25) is 0 Å². The van der Waals surface area contributed by atoms with Crippen LogP contribution < -0.4 is 14.4 Å². The third kappa shape index (κ3) is 7.84. The number of hydrogen-bond donors (Lipinski definition) is 1. The van der Waals surface area contributed by atoms with Gasteiger partial charge in [0, 0.05) is 24.7 Å². The van der Waals surface area contributed by atoms with E-state index in [1.807, 2.05) is 13.8 Å². The summed E-state index contributed by atoms with van der Waals surface area (Å²) in [6.07, 6.45) is 0.955. The summed E-state index contributed by atoms with van der Waals surface area (Å²) in [6, 6.07) is 18.5. The first-order chi connectivity index (χ1) is 20.0. The molecule has 224 valence electrons. The van der Waals surface area contributed by atoms with Crippen molar-refractivity contribution in [3.05, 3.63) is 94.5 Å². The standard InChI is InChI=1S/C30H36N4O7S/c1-5-22(3)31-30(36)28(6-2)32(20-23-15-17-26(41-4)18-16-23)29(35)21-33(24-11-10-12-25(19-24)34(37)38)42(39,40)27-13-8-7-9-14-27/h7-19,22,28H,5-6,20-21H2,1-4H3,(H,31,36)/t22-,28+/m0/s1. The number of carbonyl (C=O) groups is 2. The van der Waals surface area contributed by atoms with Gasteiger partial charge in [0.15, 0.2) is 0 Å². The number of anilines is 1. The van der Waals surface area contributed by atoms with Gasteiger partial charge in [-0.2, -0.15) is 0 Å². The van der Waals surface area contributed by atoms with Gasteiger partial charge in [-0.05, 0) is 55.7 Å². The molecule has 3 aromatic rings. The molecule has 0 bridgehead atoms. The lowest BCUT2D eigenvalue weighted by Gasteiger charge is -2.33. The maximum Gasteiger partial charge on any atom is 0.271 e. The zero-order valence-corrected chi connectivity index (χ0v) is 24.9. The molecule has 0 unspecified atom stereocenters. The number of amides is 2. The van der Waals surface area contributed by atoms with E-state index in [4.69, 9.17) is 4.74 Å². The number of benzene rings is 3. The Morgan fingerprint density at radius 2 is 1.64 bits per heavy atom. The van der Waals surface area contributed by atoms with Crippen molar-refractivity contribution in [2.45, 2.75) is 57.1 Å². The highest BCUT2D eigenvalue weighted by Crippen LogP contribution is 2.28. The summed E-state index contributed by atoms with van der Waals surface area (Å²) < 4.78 is 33.8. The number of nitrogens with one attached hydrogen (secondary N) is 1. The molecular formula is C30H36N4O7S. The maximum atomic E-state index is 14.1. The normalized spacial score (nSPS) is 12.6. The molecule has 0 radical (unpaired) electrons. The molecule has 2 atom stereocenters. The SMILES string of the molecule is CC[C@H](C(=O)N[C@@H](C)CC)N(Cc1ccc(OC)cc1)C(=O)CN(c1cccc([N+](=O)[O-])c1)S(=O)(=O)c1ccccc1. The van der Waals surface area contributed by atoms with Crippen molar-refractivity contribution in [1.82, 2.24) is 10.2 Å². The molecule has 0 saturated heterocycles. The molecule has 1 N–H and O–H groups in total. The maximum absolute atomic E-state index is 14.1. The van der Waals surface area contributed by atoms with Crippen molar-refractivity contribution in [1.29, 1.82) is 0 Å². The smallest absolute Gasteiger partial charge is 0.271 e. The predicted molar refractivity (Wildman–Crippen MR) is 160 cm³/mol. The minimum Gasteiger partial charge on any atom is -0.497 e. The van der Waals surface area contributed by atoms with Gasteiger partial charge in [-0.1, -0.05) is 50.2 Å². The van der Waals surface area contributed by atoms with Crippen LogP contribution in [-0.2, 0) is 26.2 Å². The molecule has 2 amide bonds. The van der Waals surface area contributed by atoms with Gasteiger partial charge in [0.05, 0.1) is 22.6 Å². The Kier molecular flexibility index (Phi) is 11.0. The summed E-state index contributed by atoms with van der Waals surface area (Å²) in [6.45, 7) is 4.88. The fraction of sp³-hybridized carbons (Fsp3) is 0.333. The number of methoxy groups -OCH3 is 1. The van der Waals surface area contributed by atoms with E-state index in [-0.39, 0.29) is 41.2 Å². The Bertz CT molecular complexity index is 1480. The van der Waals surface area contributed by atoms with Crippen LogP contribution in [0.15, 0.2) is 83.8 Å². The fourth-order valence-corrected chi connectivity index (χ4v) is 5.73. The van der Waals surface area contributed by atoms with Gasteiger partial charge in [-0.3, -0.25) is 24.0 Å². The number of nitro benzene ring substituents is 1. The van der Waals surface area contributed by atoms with Gasteiger partial charge < -0.3 is 15.0 Å². The van der Waals surface area contributed by atoms with Crippen molar-refractivity contribution in [3.8, 4) is 5.75 Å². The number of ether oxygens (including phenoxy) is 1. The Balaban J connectivity index is 2.08. The van der Waals surface area contributed by atoms with E-state index < -0.39 is 33.4 Å². The average Bonchev–Trinajstić information content (AvgIpc) is 3.00. The van der Waals surface area contributed by atoms with Crippen molar-refractivity contribution in [2.24, 2.45) is 0 Å². The Hall–Kier alpha value is -4.45. The molecule has 0 spiro atoms. The summed E-state index contributed by atoms with van der Waals surface area (Å²) in [4.78, 5) is 39.6. The van der Waals surface area contributed by atoms with Gasteiger partial charge in [0.2, 0.25) is 11.8 Å². The van der Waals surface area contributed by atoms with Crippen LogP contribution >= 0.6 is 0 Å². The van der Waals surface area contributed by atoms with E-state index in [2.05, 4.69) is 5.32 Å². The highest BCUT2D eigenvalue weighted by Gasteiger charge is 2.34. The van der Waals surface area contributed by atoms with E-state index in [0.717, 1.165) is 10.4 Å². The molecule has 11 nitrogen and oxygen atoms in total. The minimum atomic E-state index is -4.34. The van der Waals surface area contributed by atoms with Gasteiger partial charge in [-0.25, -0.2) is 8.42 Å². The zero-order chi connectivity index (χ0) is 30.9. The number of carbonyl (C=O) groups excluding carboxylic acids is 2. The third-order valence-electron chi connectivity index (χ3n) is 6.84. The molecule has 0 saturated carbocycles. The Morgan fingerprint density at radius 1 is 0.976 bits per heavy atom. The van der Waals surface area contributed by atoms with Crippen molar-refractivity contribution >= 4 is 33.2 Å². The van der Waals surface area contributed by atoms with E-state index in [1.54, 1.807) is 49.4 Å². The van der Waals surface area contributed by atoms with E-state index >= 15 is 0 Å². The number of hydrogen-bond acceptors (Lipinski definition) is 7. The van der Waals surface area contributed by atoms with Gasteiger partial charge in [0.1, 0.15) is 18.3 Å². The highest BCUT2D eigenvalue weighted by atomic mass is 32.2. The summed E-state index contributed by atoms with van der Waals surface area (Å²) in [5.41, 5.74) is 0.317. The number of non-ortho nitro benzene ring substituents is 1. The topological polar surface area (TPSA) is 139 Å². The second-order valence-corrected chi connectivity index (χ2v) is 11.6. The lowest BCUT2D eigenvalue weighted by Crippen LogP contribution is -2.53. The Labute approximate surface area is 246 Å². The first-order valence-electron chi connectivity index (χ1n) is 13.6. The summed E-state index contributed by atoms with van der Waals surface area (Å²) >= 11 is 0. The highest BCUT2D eigenvalue weighted by molar-refractivity contribution is 7.92. The Morgan fingerprint density at radius 3 is 2.21 bits per heavy atom. The van der Waals surface area contributed by atoms with E-state index in [1.165, 1.54) is 42.3 Å². The van der Waals surface area contributed by atoms with Crippen LogP contribution in [-0.4, -0.2) is 55.8 Å². The lowest BCUT2D eigenvalue weighted by molar-refractivity contribution is -0.384. The first kappa shape index (κ1) is 32.1. The molecule has 12 heteroatoms. The number of nitro groups is 1. The van der Waals surface area contributed by atoms with Crippen LogP contribution in [0.3, 0.4) is 0 Å². The van der Waals surface area contributed by atoms with E-state index in [9.17, 15) is 28.1 Å². The molecule has 0 aliphatic heterocycles. The summed E-state index contributed by atoms with van der Waals surface area (Å²) in [5.74, 6) is -0.395. The van der Waals surface area contributed by atoms with Gasteiger partial charge >= 0.3 is 0 Å². The zero-order valence-electron chi connectivity index (χ0n) is 24.1. The molecule has 42 heavy (non-hydrogen) atoms.